The maximum Gasteiger partial charge on any atom is 0.260 e. The summed E-state index contributed by atoms with van der Waals surface area (Å²) in [6.07, 6.45) is -0.234. The van der Waals surface area contributed by atoms with E-state index in [-0.39, 0.29) is 11.1 Å². The van der Waals surface area contributed by atoms with Crippen molar-refractivity contribution >= 4 is 10.0 Å². The van der Waals surface area contributed by atoms with Crippen LogP contribution in [-0.2, 0) is 21.3 Å². The van der Waals surface area contributed by atoms with Gasteiger partial charge < -0.3 is 10.5 Å². The molecule has 0 radical (unpaired) electrons. The predicted molar refractivity (Wildman–Crippen MR) is 70.2 cm³/mol. The summed E-state index contributed by atoms with van der Waals surface area (Å²) in [7, 11) is -3.53. The average Bonchev–Trinajstić information content (AvgIpc) is 2.81. The fraction of sp³-hybridized carbons (Fsp3) is 0.727. The third kappa shape index (κ3) is 2.81. The summed E-state index contributed by atoms with van der Waals surface area (Å²) in [6, 6.07) is 1.60. The van der Waals surface area contributed by atoms with Gasteiger partial charge in [0, 0.05) is 26.2 Å². The molecule has 0 unspecified atom stereocenters. The number of hydrogen-bond acceptors (Lipinski definition) is 5. The Bertz CT molecular complexity index is 540. The second kappa shape index (κ2) is 5.58. The molecule has 1 aromatic rings. The molecule has 2 rings (SSSR count). The summed E-state index contributed by atoms with van der Waals surface area (Å²) >= 11 is 0. The number of ether oxygens (including phenoxy) is 1. The van der Waals surface area contributed by atoms with Crippen LogP contribution in [0, 0.1) is 6.92 Å². The molecule has 19 heavy (non-hydrogen) atoms. The van der Waals surface area contributed by atoms with Crippen molar-refractivity contribution in [2.45, 2.75) is 31.5 Å². The van der Waals surface area contributed by atoms with Crippen LogP contribution < -0.4 is 5.73 Å². The van der Waals surface area contributed by atoms with Gasteiger partial charge in [-0.05, 0) is 19.9 Å². The average molecular weight is 288 g/mol. The van der Waals surface area contributed by atoms with Gasteiger partial charge in [-0.2, -0.15) is 9.40 Å². The van der Waals surface area contributed by atoms with E-state index < -0.39 is 10.0 Å². The van der Waals surface area contributed by atoms with Gasteiger partial charge in [0.2, 0.25) is 0 Å². The minimum absolute atomic E-state index is 0.234. The lowest BCUT2D eigenvalue weighted by Crippen LogP contribution is -2.48. The quantitative estimate of drug-likeness (QED) is 0.811. The maximum absolute atomic E-state index is 12.6. The van der Waals surface area contributed by atoms with E-state index in [1.807, 2.05) is 6.92 Å². The van der Waals surface area contributed by atoms with Crippen LogP contribution in [0.2, 0.25) is 0 Å². The second-order valence-corrected chi connectivity index (χ2v) is 6.42. The number of morpholine rings is 1. The Balaban J connectivity index is 2.31. The van der Waals surface area contributed by atoms with Gasteiger partial charge in [0.1, 0.15) is 0 Å². The highest BCUT2D eigenvalue weighted by atomic mass is 32.2. The van der Waals surface area contributed by atoms with Crippen LogP contribution in [0.25, 0.3) is 0 Å². The minimum Gasteiger partial charge on any atom is -0.374 e. The molecule has 0 saturated carbocycles. The highest BCUT2D eigenvalue weighted by molar-refractivity contribution is 7.89. The zero-order valence-corrected chi connectivity index (χ0v) is 12.1. The van der Waals surface area contributed by atoms with Gasteiger partial charge in [-0.3, -0.25) is 4.68 Å². The van der Waals surface area contributed by atoms with Crippen LogP contribution in [0.3, 0.4) is 0 Å². The van der Waals surface area contributed by atoms with Gasteiger partial charge >= 0.3 is 0 Å². The molecule has 2 heterocycles. The topological polar surface area (TPSA) is 90.5 Å². The SMILES string of the molecule is CCn1nc(C)cc1S(=O)(=O)N1CCO[C@H](CN)C1. The normalized spacial score (nSPS) is 21.7. The first kappa shape index (κ1) is 14.4. The largest absolute Gasteiger partial charge is 0.374 e. The van der Waals surface area contributed by atoms with Gasteiger partial charge in [-0.1, -0.05) is 0 Å². The molecule has 1 aliphatic heterocycles. The van der Waals surface area contributed by atoms with E-state index in [9.17, 15) is 8.42 Å². The summed E-state index contributed by atoms with van der Waals surface area (Å²) in [5.74, 6) is 0. The molecule has 1 aromatic heterocycles. The molecule has 1 fully saturated rings. The van der Waals surface area contributed by atoms with Crippen LogP contribution >= 0.6 is 0 Å². The lowest BCUT2D eigenvalue weighted by Gasteiger charge is -2.31. The van der Waals surface area contributed by atoms with Gasteiger partial charge in [0.15, 0.2) is 5.03 Å². The Kier molecular flexibility index (Phi) is 4.24. The zero-order valence-electron chi connectivity index (χ0n) is 11.2. The molecule has 0 aromatic carbocycles. The third-order valence-electron chi connectivity index (χ3n) is 3.13. The summed E-state index contributed by atoms with van der Waals surface area (Å²) in [5, 5.41) is 4.43. The molecule has 0 spiro atoms. The van der Waals surface area contributed by atoms with Gasteiger partial charge in [0.25, 0.3) is 10.0 Å². The molecule has 1 aliphatic rings. The Morgan fingerprint density at radius 3 is 2.95 bits per heavy atom. The molecule has 0 amide bonds. The van der Waals surface area contributed by atoms with Crippen molar-refractivity contribution in [1.29, 1.82) is 0 Å². The Morgan fingerprint density at radius 2 is 2.32 bits per heavy atom. The fourth-order valence-corrected chi connectivity index (χ4v) is 3.84. The fourth-order valence-electron chi connectivity index (χ4n) is 2.14. The number of aryl methyl sites for hydroxylation is 2. The van der Waals surface area contributed by atoms with Crippen LogP contribution in [0.1, 0.15) is 12.6 Å². The van der Waals surface area contributed by atoms with Crippen molar-refractivity contribution in [1.82, 2.24) is 14.1 Å². The molecule has 1 saturated heterocycles. The number of nitrogens with two attached hydrogens (primary N) is 1. The van der Waals surface area contributed by atoms with Crippen LogP contribution in [0.4, 0.5) is 0 Å². The second-order valence-electron chi connectivity index (χ2n) is 4.53. The highest BCUT2D eigenvalue weighted by Gasteiger charge is 2.32. The first-order chi connectivity index (χ1) is 8.98. The summed E-state index contributed by atoms with van der Waals surface area (Å²) in [5.41, 5.74) is 6.24. The molecule has 1 atom stereocenters. The number of rotatable bonds is 4. The van der Waals surface area contributed by atoms with E-state index in [4.69, 9.17) is 10.5 Å². The van der Waals surface area contributed by atoms with Crippen LogP contribution in [-0.4, -0.2) is 54.8 Å². The summed E-state index contributed by atoms with van der Waals surface area (Å²) < 4.78 is 33.6. The van der Waals surface area contributed by atoms with Crippen LogP contribution in [0.5, 0.6) is 0 Å². The molecule has 0 bridgehead atoms. The van der Waals surface area contributed by atoms with Crippen molar-refractivity contribution < 1.29 is 13.2 Å². The first-order valence-corrected chi connectivity index (χ1v) is 7.79. The van der Waals surface area contributed by atoms with E-state index in [2.05, 4.69) is 5.10 Å². The number of hydrogen-bond donors (Lipinski definition) is 1. The van der Waals surface area contributed by atoms with E-state index in [0.717, 1.165) is 0 Å². The van der Waals surface area contributed by atoms with E-state index in [1.54, 1.807) is 13.0 Å². The van der Waals surface area contributed by atoms with Crippen molar-refractivity contribution in [2.24, 2.45) is 5.73 Å². The monoisotopic (exact) mass is 288 g/mol. The lowest BCUT2D eigenvalue weighted by molar-refractivity contribution is 0.00436. The molecule has 108 valence electrons. The standard InChI is InChI=1S/C11H20N4O3S/c1-3-15-11(6-9(2)13-15)19(16,17)14-4-5-18-10(7-12)8-14/h6,10H,3-5,7-8,12H2,1-2H3/t10-/m1/s1. The summed E-state index contributed by atoms with van der Waals surface area (Å²) in [4.78, 5) is 0. The molecule has 8 heteroatoms. The molecule has 7 nitrogen and oxygen atoms in total. The van der Waals surface area contributed by atoms with E-state index in [0.29, 0.717) is 38.5 Å². The smallest absolute Gasteiger partial charge is 0.260 e. The highest BCUT2D eigenvalue weighted by Crippen LogP contribution is 2.19. The van der Waals surface area contributed by atoms with Crippen molar-refractivity contribution in [3.05, 3.63) is 11.8 Å². The maximum atomic E-state index is 12.6. The minimum atomic E-state index is -3.53. The van der Waals surface area contributed by atoms with Crippen LogP contribution in [0.15, 0.2) is 11.1 Å². The van der Waals surface area contributed by atoms with Crippen molar-refractivity contribution in [3.63, 3.8) is 0 Å². The van der Waals surface area contributed by atoms with Gasteiger partial charge in [0.05, 0.1) is 18.4 Å². The zero-order chi connectivity index (χ0) is 14.0. The molecular weight excluding hydrogens is 268 g/mol. The van der Waals surface area contributed by atoms with Gasteiger partial charge in [-0.25, -0.2) is 8.42 Å². The number of sulfonamides is 1. The van der Waals surface area contributed by atoms with Crippen molar-refractivity contribution in [2.75, 3.05) is 26.2 Å². The van der Waals surface area contributed by atoms with E-state index >= 15 is 0 Å². The summed E-state index contributed by atoms with van der Waals surface area (Å²) in [6.45, 7) is 5.52. The van der Waals surface area contributed by atoms with Gasteiger partial charge in [-0.15, -0.1) is 0 Å². The molecular formula is C11H20N4O3S. The molecule has 0 aliphatic carbocycles. The predicted octanol–water partition coefficient (Wildman–Crippen LogP) is -0.440. The molecule has 2 N–H and O–H groups in total. The number of aromatic nitrogens is 2. The Labute approximate surface area is 113 Å². The first-order valence-electron chi connectivity index (χ1n) is 6.35. The number of nitrogens with zero attached hydrogens (tertiary/aromatic N) is 3. The van der Waals surface area contributed by atoms with Crippen molar-refractivity contribution in [3.8, 4) is 0 Å². The third-order valence-corrected chi connectivity index (χ3v) is 5.00. The Morgan fingerprint density at radius 1 is 1.58 bits per heavy atom. The van der Waals surface area contributed by atoms with E-state index in [1.165, 1.54) is 8.99 Å². The lowest BCUT2D eigenvalue weighted by atomic mass is 10.3. The Hall–Kier alpha value is -0.960.